The number of carbonyl (C=O) groups is 3. The molecule has 0 unspecified atom stereocenters. The molecule has 1 aromatic heterocycles. The summed E-state index contributed by atoms with van der Waals surface area (Å²) in [7, 11) is -2.69. The fourth-order valence-electron chi connectivity index (χ4n) is 2.78. The number of thiophene rings is 1. The summed E-state index contributed by atoms with van der Waals surface area (Å²) in [5, 5.41) is 9.28. The normalized spacial score (nSPS) is 11.8. The van der Waals surface area contributed by atoms with E-state index in [-0.39, 0.29) is 36.7 Å². The summed E-state index contributed by atoms with van der Waals surface area (Å²) in [5.74, 6) is -1.25. The van der Waals surface area contributed by atoms with Gasteiger partial charge in [-0.05, 0) is 23.6 Å². The highest BCUT2D eigenvalue weighted by molar-refractivity contribution is 7.54. The molecule has 0 aliphatic rings. The topological polar surface area (TPSA) is 162 Å². The molecule has 17 heteroatoms. The van der Waals surface area contributed by atoms with E-state index in [9.17, 15) is 18.9 Å². The summed E-state index contributed by atoms with van der Waals surface area (Å²) in [6.07, 6.45) is -1.92. The molecular weight excluding hydrogens is 573 g/mol. The lowest BCUT2D eigenvalue weighted by Crippen LogP contribution is -2.22. The number of hydrogen-bond donors (Lipinski definition) is 1. The maximum atomic E-state index is 15.5. The number of halogens is 2. The van der Waals surface area contributed by atoms with Crippen molar-refractivity contribution in [2.45, 2.75) is 18.5 Å². The van der Waals surface area contributed by atoms with E-state index in [0.29, 0.717) is 17.5 Å². The lowest BCUT2D eigenvalue weighted by molar-refractivity contribution is -0.0479. The first-order chi connectivity index (χ1) is 18.5. The zero-order valence-electron chi connectivity index (χ0n) is 20.9. The Morgan fingerprint density at radius 3 is 1.90 bits per heavy atom. The zero-order valence-corrected chi connectivity index (χ0v) is 22.6. The van der Waals surface area contributed by atoms with Crippen molar-refractivity contribution in [3.05, 3.63) is 34.7 Å². The quantitative estimate of drug-likeness (QED) is 0.110. The number of carbonyl (C=O) groups excluding carboxylic acids is 2. The average molecular weight is 600 g/mol. The van der Waals surface area contributed by atoms with Gasteiger partial charge in [-0.1, -0.05) is 6.07 Å². The standard InChI is InChI=1S/C22H27F2O13PS/c1-30-7-3-9-32-20(27)34-13-36-38(29,37-14-35-21(28)33-10-4-8-31-2)22(23,24)16-5-6-17-15(11-16)12-18(39-17)19(25)26/h5-6,11-12H,3-4,7-10,13-14H2,1-2H3,(H,25,26). The highest BCUT2D eigenvalue weighted by atomic mass is 32.1. The van der Waals surface area contributed by atoms with Crippen LogP contribution in [0.15, 0.2) is 24.3 Å². The van der Waals surface area contributed by atoms with Crippen molar-refractivity contribution in [3.63, 3.8) is 0 Å². The number of hydrogen-bond acceptors (Lipinski definition) is 13. The van der Waals surface area contributed by atoms with E-state index in [1.54, 1.807) is 0 Å². The third-order valence-corrected chi connectivity index (χ3v) is 7.58. The molecule has 0 aliphatic heterocycles. The lowest BCUT2D eigenvalue weighted by Gasteiger charge is -2.26. The third kappa shape index (κ3) is 9.67. The summed E-state index contributed by atoms with van der Waals surface area (Å²) in [5.41, 5.74) is -5.23. The van der Waals surface area contributed by atoms with E-state index in [2.05, 4.69) is 18.9 Å². The van der Waals surface area contributed by atoms with E-state index < -0.39 is 50.7 Å². The first-order valence-corrected chi connectivity index (χ1v) is 13.5. The molecule has 39 heavy (non-hydrogen) atoms. The number of carboxylic acids is 1. The number of alkyl halides is 2. The van der Waals surface area contributed by atoms with E-state index in [4.69, 9.17) is 23.6 Å². The molecule has 2 aromatic rings. The van der Waals surface area contributed by atoms with Crippen LogP contribution < -0.4 is 0 Å². The third-order valence-electron chi connectivity index (χ3n) is 4.64. The van der Waals surface area contributed by atoms with Crippen LogP contribution in [0.25, 0.3) is 10.1 Å². The van der Waals surface area contributed by atoms with Crippen LogP contribution in [-0.2, 0) is 47.7 Å². The first kappa shape index (κ1) is 32.3. The minimum atomic E-state index is -5.57. The van der Waals surface area contributed by atoms with Gasteiger partial charge in [0.15, 0.2) is 0 Å². The number of fused-ring (bicyclic) bond motifs is 1. The van der Waals surface area contributed by atoms with Gasteiger partial charge in [0.25, 0.3) is 0 Å². The monoisotopic (exact) mass is 600 g/mol. The number of ether oxygens (including phenoxy) is 6. The van der Waals surface area contributed by atoms with Crippen LogP contribution in [0.2, 0.25) is 0 Å². The Morgan fingerprint density at radius 1 is 0.872 bits per heavy atom. The smallest absolute Gasteiger partial charge is 0.477 e. The molecule has 1 N–H and O–H groups in total. The van der Waals surface area contributed by atoms with Gasteiger partial charge in [0.2, 0.25) is 13.6 Å². The van der Waals surface area contributed by atoms with Gasteiger partial charge in [0.05, 0.1) is 13.2 Å². The molecule has 0 fully saturated rings. The Morgan fingerprint density at radius 2 is 1.41 bits per heavy atom. The number of aromatic carboxylic acids is 1. The van der Waals surface area contributed by atoms with Gasteiger partial charge in [-0.25, -0.2) is 14.4 Å². The van der Waals surface area contributed by atoms with Crippen LogP contribution in [-0.4, -0.2) is 77.6 Å². The van der Waals surface area contributed by atoms with Crippen LogP contribution in [0.1, 0.15) is 28.1 Å². The van der Waals surface area contributed by atoms with Crippen LogP contribution in [0.3, 0.4) is 0 Å². The van der Waals surface area contributed by atoms with Crippen molar-refractivity contribution >= 4 is 47.3 Å². The SMILES string of the molecule is COCCCOC(=O)OCOP(=O)(OCOC(=O)OCCCOC)C(F)(F)c1ccc2sc(C(=O)O)cc2c1. The molecule has 0 spiro atoms. The zero-order chi connectivity index (χ0) is 28.9. The summed E-state index contributed by atoms with van der Waals surface area (Å²) in [4.78, 5) is 34.4. The summed E-state index contributed by atoms with van der Waals surface area (Å²) < 4.78 is 82.1. The summed E-state index contributed by atoms with van der Waals surface area (Å²) in [6.45, 7) is -2.15. The number of carboxylic acid groups (broad SMARTS) is 1. The highest BCUT2D eigenvalue weighted by Crippen LogP contribution is 2.67. The van der Waals surface area contributed by atoms with E-state index in [0.717, 1.165) is 23.5 Å². The molecule has 0 saturated carbocycles. The van der Waals surface area contributed by atoms with Crippen molar-refractivity contribution in [2.75, 3.05) is 54.2 Å². The van der Waals surface area contributed by atoms with Gasteiger partial charge in [-0.2, -0.15) is 8.78 Å². The fraction of sp³-hybridized carbons (Fsp3) is 0.500. The van der Waals surface area contributed by atoms with Crippen molar-refractivity contribution in [2.24, 2.45) is 0 Å². The molecular formula is C22H27F2O13PS. The van der Waals surface area contributed by atoms with Crippen molar-refractivity contribution < 1.29 is 70.3 Å². The van der Waals surface area contributed by atoms with Crippen molar-refractivity contribution in [3.8, 4) is 0 Å². The Labute approximate surface area is 225 Å². The van der Waals surface area contributed by atoms with Crippen molar-refractivity contribution in [1.29, 1.82) is 0 Å². The molecule has 1 heterocycles. The Hall–Kier alpha value is -2.88. The lowest BCUT2D eigenvalue weighted by atomic mass is 10.1. The molecule has 0 radical (unpaired) electrons. The number of rotatable bonds is 17. The summed E-state index contributed by atoms with van der Waals surface area (Å²) >= 11 is 0.851. The molecule has 0 bridgehead atoms. The van der Waals surface area contributed by atoms with Crippen molar-refractivity contribution in [1.82, 2.24) is 0 Å². The molecule has 0 amide bonds. The summed E-state index contributed by atoms with van der Waals surface area (Å²) in [6, 6.07) is 4.19. The van der Waals surface area contributed by atoms with Crippen LogP contribution in [0, 0.1) is 0 Å². The number of methoxy groups -OCH3 is 2. The van der Waals surface area contributed by atoms with Gasteiger partial charge in [0, 0.05) is 50.5 Å². The molecule has 0 saturated heterocycles. The van der Waals surface area contributed by atoms with Crippen LogP contribution in [0.4, 0.5) is 18.4 Å². The molecule has 0 aliphatic carbocycles. The minimum absolute atomic E-state index is 0.101. The minimum Gasteiger partial charge on any atom is -0.477 e. The average Bonchev–Trinajstić information content (AvgIpc) is 3.33. The van der Waals surface area contributed by atoms with Gasteiger partial charge >= 0.3 is 31.5 Å². The maximum absolute atomic E-state index is 15.5. The van der Waals surface area contributed by atoms with Crippen LogP contribution in [0.5, 0.6) is 0 Å². The number of benzene rings is 1. The largest absolute Gasteiger partial charge is 0.510 e. The molecule has 218 valence electrons. The maximum Gasteiger partial charge on any atom is 0.510 e. The van der Waals surface area contributed by atoms with E-state index in [1.165, 1.54) is 26.4 Å². The second-order valence-electron chi connectivity index (χ2n) is 7.38. The Balaban J connectivity index is 2.15. The van der Waals surface area contributed by atoms with Gasteiger partial charge in [-0.3, -0.25) is 13.6 Å². The molecule has 0 atom stereocenters. The first-order valence-electron chi connectivity index (χ1n) is 11.2. The fourth-order valence-corrected chi connectivity index (χ4v) is 4.90. The molecule has 2 rings (SSSR count). The van der Waals surface area contributed by atoms with Gasteiger partial charge in [0.1, 0.15) is 4.88 Å². The Kier molecular flexibility index (Phi) is 13.0. The predicted molar refractivity (Wildman–Crippen MR) is 130 cm³/mol. The van der Waals surface area contributed by atoms with E-state index in [1.807, 2.05) is 0 Å². The van der Waals surface area contributed by atoms with Gasteiger partial charge < -0.3 is 33.5 Å². The highest BCUT2D eigenvalue weighted by Gasteiger charge is 2.56. The predicted octanol–water partition coefficient (Wildman–Crippen LogP) is 5.17. The van der Waals surface area contributed by atoms with Gasteiger partial charge in [-0.15, -0.1) is 11.3 Å². The Bertz CT molecular complexity index is 1120. The second kappa shape index (κ2) is 15.6. The van der Waals surface area contributed by atoms with E-state index >= 15 is 8.78 Å². The molecule has 13 nitrogen and oxygen atoms in total. The second-order valence-corrected chi connectivity index (χ2v) is 10.5. The van der Waals surface area contributed by atoms with Crippen LogP contribution >= 0.6 is 18.9 Å². The molecule has 1 aromatic carbocycles.